The van der Waals surface area contributed by atoms with E-state index in [9.17, 15) is 0 Å². The van der Waals surface area contributed by atoms with E-state index < -0.39 is 0 Å². The molecule has 0 aliphatic heterocycles. The number of fused-ring (bicyclic) bond motifs is 1. The Morgan fingerprint density at radius 1 is 0.481 bits per heavy atom. The molecule has 128 valence electrons. The fraction of sp³-hybridized carbons (Fsp3) is 0. The number of hydrogen-bond acceptors (Lipinski definition) is 2. The highest BCUT2D eigenvalue weighted by atomic mass is 16.3. The number of nitrogens with zero attached hydrogens (tertiary/aromatic N) is 1. The summed E-state index contributed by atoms with van der Waals surface area (Å²) in [5.41, 5.74) is 7.35. The van der Waals surface area contributed by atoms with Crippen molar-refractivity contribution in [1.29, 1.82) is 0 Å². The molecule has 0 aliphatic carbocycles. The summed E-state index contributed by atoms with van der Waals surface area (Å²) in [6, 6.07) is 35.1. The van der Waals surface area contributed by atoms with Crippen molar-refractivity contribution in [3.8, 4) is 33.7 Å². The molecular formula is C25H17NO. The quantitative estimate of drug-likeness (QED) is 0.357. The molecule has 0 saturated carbocycles. The summed E-state index contributed by atoms with van der Waals surface area (Å²) in [4.78, 5) is 4.70. The van der Waals surface area contributed by atoms with Gasteiger partial charge in [0.25, 0.3) is 0 Å². The Balaban J connectivity index is 1.72. The molecule has 0 bridgehead atoms. The van der Waals surface area contributed by atoms with Crippen molar-refractivity contribution in [3.05, 3.63) is 103 Å². The second-order valence-corrected chi connectivity index (χ2v) is 6.44. The molecule has 27 heavy (non-hydrogen) atoms. The third kappa shape index (κ3) is 2.81. The molecule has 1 heterocycles. The van der Waals surface area contributed by atoms with Crippen LogP contribution >= 0.6 is 0 Å². The number of rotatable bonds is 3. The van der Waals surface area contributed by atoms with Crippen molar-refractivity contribution >= 4 is 11.1 Å². The normalized spacial score (nSPS) is 11.0. The van der Waals surface area contributed by atoms with Gasteiger partial charge in [0.1, 0.15) is 5.52 Å². The van der Waals surface area contributed by atoms with E-state index in [4.69, 9.17) is 9.40 Å². The van der Waals surface area contributed by atoms with Crippen molar-refractivity contribution in [2.24, 2.45) is 0 Å². The van der Waals surface area contributed by atoms with Crippen molar-refractivity contribution in [2.45, 2.75) is 0 Å². The second kappa shape index (κ2) is 6.58. The van der Waals surface area contributed by atoms with Gasteiger partial charge in [0, 0.05) is 5.56 Å². The van der Waals surface area contributed by atoms with E-state index >= 15 is 0 Å². The minimum Gasteiger partial charge on any atom is -0.436 e. The molecule has 2 heteroatoms. The van der Waals surface area contributed by atoms with Crippen LogP contribution in [0.5, 0.6) is 0 Å². The smallest absolute Gasteiger partial charge is 0.227 e. The Hall–Kier alpha value is -3.65. The lowest BCUT2D eigenvalue weighted by atomic mass is 9.92. The minimum atomic E-state index is 0.648. The Morgan fingerprint density at radius 2 is 1.04 bits per heavy atom. The van der Waals surface area contributed by atoms with Gasteiger partial charge in [0.2, 0.25) is 5.89 Å². The standard InChI is InChI=1S/C25H17NO/c1-2-10-18(11-3-1)19-12-4-5-13-20(19)21-14-6-7-15-22(21)25-26-23-16-8-9-17-24(23)27-25/h1-17H. The van der Waals surface area contributed by atoms with Crippen molar-refractivity contribution in [2.75, 3.05) is 0 Å². The first-order valence-electron chi connectivity index (χ1n) is 9.00. The highest BCUT2D eigenvalue weighted by Gasteiger charge is 2.15. The monoisotopic (exact) mass is 347 g/mol. The van der Waals surface area contributed by atoms with Crippen LogP contribution < -0.4 is 0 Å². The number of benzene rings is 4. The highest BCUT2D eigenvalue weighted by molar-refractivity contribution is 5.91. The molecule has 1 aromatic heterocycles. The zero-order chi connectivity index (χ0) is 18.1. The molecule has 0 N–H and O–H groups in total. The average Bonchev–Trinajstić information content (AvgIpc) is 3.19. The average molecular weight is 347 g/mol. The van der Waals surface area contributed by atoms with E-state index in [0.29, 0.717) is 5.89 Å². The van der Waals surface area contributed by atoms with Crippen LogP contribution in [-0.2, 0) is 0 Å². The molecule has 0 fully saturated rings. The SMILES string of the molecule is c1ccc(-c2ccccc2-c2ccccc2-c2nc3ccccc3o2)cc1. The predicted octanol–water partition coefficient (Wildman–Crippen LogP) is 6.83. The van der Waals surface area contributed by atoms with Crippen LogP contribution in [0.3, 0.4) is 0 Å². The van der Waals surface area contributed by atoms with Gasteiger partial charge in [-0.15, -0.1) is 0 Å². The summed E-state index contributed by atoms with van der Waals surface area (Å²) in [6.07, 6.45) is 0. The maximum absolute atomic E-state index is 6.05. The van der Waals surface area contributed by atoms with Gasteiger partial charge in [-0.2, -0.15) is 0 Å². The van der Waals surface area contributed by atoms with Gasteiger partial charge in [0.15, 0.2) is 5.58 Å². The van der Waals surface area contributed by atoms with Crippen LogP contribution in [0.15, 0.2) is 108 Å². The van der Waals surface area contributed by atoms with Crippen LogP contribution in [-0.4, -0.2) is 4.98 Å². The number of hydrogen-bond donors (Lipinski definition) is 0. The zero-order valence-electron chi connectivity index (χ0n) is 14.7. The fourth-order valence-corrected chi connectivity index (χ4v) is 3.48. The summed E-state index contributed by atoms with van der Waals surface area (Å²) >= 11 is 0. The Kier molecular flexibility index (Phi) is 3.80. The van der Waals surface area contributed by atoms with Gasteiger partial charge < -0.3 is 4.42 Å². The molecule has 5 aromatic rings. The molecule has 2 nitrogen and oxygen atoms in total. The number of para-hydroxylation sites is 2. The zero-order valence-corrected chi connectivity index (χ0v) is 14.7. The molecule has 0 aliphatic rings. The van der Waals surface area contributed by atoms with Crippen LogP contribution in [0.1, 0.15) is 0 Å². The topological polar surface area (TPSA) is 26.0 Å². The molecule has 5 rings (SSSR count). The van der Waals surface area contributed by atoms with E-state index in [2.05, 4.69) is 66.7 Å². The number of aromatic nitrogens is 1. The largest absolute Gasteiger partial charge is 0.436 e. The lowest BCUT2D eigenvalue weighted by molar-refractivity contribution is 0.620. The first-order valence-corrected chi connectivity index (χ1v) is 9.00. The third-order valence-corrected chi connectivity index (χ3v) is 4.75. The fourth-order valence-electron chi connectivity index (χ4n) is 3.48. The van der Waals surface area contributed by atoms with Gasteiger partial charge in [-0.1, -0.05) is 84.9 Å². The predicted molar refractivity (Wildman–Crippen MR) is 110 cm³/mol. The summed E-state index contributed by atoms with van der Waals surface area (Å²) in [7, 11) is 0. The molecule has 0 radical (unpaired) electrons. The molecule has 4 aromatic carbocycles. The summed E-state index contributed by atoms with van der Waals surface area (Å²) in [5, 5.41) is 0. The summed E-state index contributed by atoms with van der Waals surface area (Å²) in [6.45, 7) is 0. The van der Waals surface area contributed by atoms with E-state index in [1.807, 2.05) is 36.4 Å². The van der Waals surface area contributed by atoms with Crippen molar-refractivity contribution in [1.82, 2.24) is 4.98 Å². The van der Waals surface area contributed by atoms with Crippen molar-refractivity contribution < 1.29 is 4.42 Å². The first-order chi connectivity index (χ1) is 13.4. The Morgan fingerprint density at radius 3 is 1.78 bits per heavy atom. The minimum absolute atomic E-state index is 0.648. The number of oxazole rings is 1. The van der Waals surface area contributed by atoms with E-state index in [1.165, 1.54) is 16.7 Å². The van der Waals surface area contributed by atoms with Gasteiger partial charge in [-0.05, 0) is 40.5 Å². The molecule has 0 unspecified atom stereocenters. The van der Waals surface area contributed by atoms with Crippen LogP contribution in [0.2, 0.25) is 0 Å². The van der Waals surface area contributed by atoms with E-state index in [-0.39, 0.29) is 0 Å². The van der Waals surface area contributed by atoms with Crippen LogP contribution in [0.4, 0.5) is 0 Å². The van der Waals surface area contributed by atoms with Gasteiger partial charge in [-0.25, -0.2) is 4.98 Å². The maximum Gasteiger partial charge on any atom is 0.227 e. The second-order valence-electron chi connectivity index (χ2n) is 6.44. The van der Waals surface area contributed by atoms with E-state index in [1.54, 1.807) is 0 Å². The lowest BCUT2D eigenvalue weighted by Crippen LogP contribution is -1.88. The summed E-state index contributed by atoms with van der Waals surface area (Å²) in [5.74, 6) is 0.648. The first kappa shape index (κ1) is 15.6. The van der Waals surface area contributed by atoms with Crippen LogP contribution in [0, 0.1) is 0 Å². The molecular weight excluding hydrogens is 330 g/mol. The van der Waals surface area contributed by atoms with Gasteiger partial charge in [0.05, 0.1) is 0 Å². The molecule has 0 atom stereocenters. The van der Waals surface area contributed by atoms with Gasteiger partial charge in [-0.3, -0.25) is 0 Å². The molecule has 0 saturated heterocycles. The molecule has 0 spiro atoms. The Labute approximate surface area is 157 Å². The van der Waals surface area contributed by atoms with Crippen LogP contribution in [0.25, 0.3) is 44.8 Å². The van der Waals surface area contributed by atoms with Gasteiger partial charge >= 0.3 is 0 Å². The third-order valence-electron chi connectivity index (χ3n) is 4.75. The van der Waals surface area contributed by atoms with E-state index in [0.717, 1.165) is 22.2 Å². The lowest BCUT2D eigenvalue weighted by Gasteiger charge is -2.12. The maximum atomic E-state index is 6.05. The Bertz CT molecular complexity index is 1190. The molecule has 0 amide bonds. The van der Waals surface area contributed by atoms with Crippen molar-refractivity contribution in [3.63, 3.8) is 0 Å². The summed E-state index contributed by atoms with van der Waals surface area (Å²) < 4.78 is 6.05. The highest BCUT2D eigenvalue weighted by Crippen LogP contribution is 2.38.